The fourth-order valence-electron chi connectivity index (χ4n) is 4.31. The van der Waals surface area contributed by atoms with Gasteiger partial charge < -0.3 is 19.3 Å². The second-order valence-electron chi connectivity index (χ2n) is 10.7. The van der Waals surface area contributed by atoms with Crippen molar-refractivity contribution in [3.8, 4) is 6.07 Å². The summed E-state index contributed by atoms with van der Waals surface area (Å²) >= 11 is 0. The predicted molar refractivity (Wildman–Crippen MR) is 174 cm³/mol. The number of esters is 2. The van der Waals surface area contributed by atoms with Gasteiger partial charge in [-0.15, -0.1) is 0 Å². The van der Waals surface area contributed by atoms with Crippen LogP contribution in [-0.2, 0) is 19.1 Å². The molecule has 0 amide bonds. The minimum Gasteiger partial charge on any atom is -0.470 e. The molecule has 0 saturated carbocycles. The zero-order chi connectivity index (χ0) is 32.3. The maximum atomic E-state index is 12.4. The summed E-state index contributed by atoms with van der Waals surface area (Å²) in [5.41, 5.74) is -0.0207. The van der Waals surface area contributed by atoms with Crippen molar-refractivity contribution in [1.29, 1.82) is 5.26 Å². The monoisotopic (exact) mass is 596 g/mol. The normalized spacial score (nSPS) is 13.4. The fourth-order valence-corrected chi connectivity index (χ4v) is 4.31. The number of hydrogen-bond donors (Lipinski definition) is 0. The number of nitriles is 1. The molecular formula is C35H56N4O4. The van der Waals surface area contributed by atoms with Crippen molar-refractivity contribution < 1.29 is 19.1 Å². The van der Waals surface area contributed by atoms with Crippen LogP contribution in [0.3, 0.4) is 0 Å². The van der Waals surface area contributed by atoms with Crippen LogP contribution in [0.1, 0.15) is 99.3 Å². The summed E-state index contributed by atoms with van der Waals surface area (Å²) in [5.74, 6) is -0.480. The van der Waals surface area contributed by atoms with Crippen LogP contribution in [-0.4, -0.2) is 61.1 Å². The molecule has 2 unspecified atom stereocenters. The molecule has 8 heteroatoms. The standard InChI is InChI=1S/C35H56N4O4/c1-8-14-19-30(10-3)28-42-34(40)32(27-36)21-16-23-38(12-5)25-18-26-39(13-6)24-17-22-33(37-7)35(41)43-29-31(11-4)20-15-9-2/h16-17,21-24,30-31H,8-15,18-20,25-26,28-29H2,1-6H3/b23-16+,24-17+,32-21-,33-22+. The second-order valence-corrected chi connectivity index (χ2v) is 10.7. The lowest BCUT2D eigenvalue weighted by molar-refractivity contribution is -0.141. The third-order valence-corrected chi connectivity index (χ3v) is 7.47. The van der Waals surface area contributed by atoms with E-state index in [1.807, 2.05) is 18.5 Å². The second kappa shape index (κ2) is 26.1. The molecule has 8 nitrogen and oxygen atoms in total. The van der Waals surface area contributed by atoms with Crippen LogP contribution < -0.4 is 0 Å². The number of hydrogen-bond acceptors (Lipinski definition) is 7. The number of ether oxygens (including phenoxy) is 2. The minimum absolute atomic E-state index is 0.00247. The number of nitrogens with zero attached hydrogens (tertiary/aromatic N) is 4. The molecule has 0 aromatic rings. The lowest BCUT2D eigenvalue weighted by Gasteiger charge is -2.22. The average molecular weight is 597 g/mol. The third kappa shape index (κ3) is 18.6. The Morgan fingerprint density at radius 1 is 0.791 bits per heavy atom. The number of unbranched alkanes of at least 4 members (excludes halogenated alkanes) is 2. The Hall–Kier alpha value is -3.52. The van der Waals surface area contributed by atoms with Gasteiger partial charge in [0.2, 0.25) is 0 Å². The Labute approximate surface area is 261 Å². The summed E-state index contributed by atoms with van der Waals surface area (Å²) in [4.78, 5) is 32.3. The first kappa shape index (κ1) is 39.5. The molecule has 0 N–H and O–H groups in total. The van der Waals surface area contributed by atoms with Gasteiger partial charge in [0, 0.05) is 26.2 Å². The Morgan fingerprint density at radius 3 is 1.70 bits per heavy atom. The van der Waals surface area contributed by atoms with E-state index in [0.717, 1.165) is 84.0 Å². The van der Waals surface area contributed by atoms with Gasteiger partial charge in [0.25, 0.3) is 5.70 Å². The summed E-state index contributed by atoms with van der Waals surface area (Å²) in [7, 11) is 0. The smallest absolute Gasteiger partial charge is 0.348 e. The molecule has 0 aliphatic carbocycles. The summed E-state index contributed by atoms with van der Waals surface area (Å²) in [6.07, 6.45) is 19.5. The molecule has 0 bridgehead atoms. The SMILES string of the molecule is [C-]#[N+]/C(=C/C=C/N(CC)CCCN(/C=C/C=C(/C#N)C(=O)OCC(CC)CCCC)CC)C(=O)OCC(CC)CCCC. The molecule has 0 rings (SSSR count). The quantitative estimate of drug-likeness (QED) is 0.0369. The first-order valence-electron chi connectivity index (χ1n) is 16.2. The van der Waals surface area contributed by atoms with Crippen LogP contribution in [0.4, 0.5) is 0 Å². The van der Waals surface area contributed by atoms with E-state index in [2.05, 4.69) is 56.2 Å². The maximum absolute atomic E-state index is 12.4. The molecule has 0 fully saturated rings. The number of rotatable bonds is 24. The van der Waals surface area contributed by atoms with Crippen molar-refractivity contribution in [2.45, 2.75) is 99.3 Å². The molecule has 0 heterocycles. The van der Waals surface area contributed by atoms with Crippen LogP contribution in [0, 0.1) is 29.7 Å². The van der Waals surface area contributed by atoms with E-state index in [1.165, 1.54) is 12.2 Å². The molecule has 0 aromatic carbocycles. The van der Waals surface area contributed by atoms with Crippen LogP contribution in [0.25, 0.3) is 4.85 Å². The summed E-state index contributed by atoms with van der Waals surface area (Å²) in [6, 6.07) is 1.95. The van der Waals surface area contributed by atoms with E-state index in [0.29, 0.717) is 25.0 Å². The first-order chi connectivity index (χ1) is 20.8. The fraction of sp³-hybridized carbons (Fsp3) is 0.657. The van der Waals surface area contributed by atoms with Gasteiger partial charge in [0.1, 0.15) is 11.6 Å². The highest BCUT2D eigenvalue weighted by molar-refractivity contribution is 5.93. The number of carbonyl (C=O) groups is 2. The average Bonchev–Trinajstić information content (AvgIpc) is 3.03. The zero-order valence-electron chi connectivity index (χ0n) is 27.6. The first-order valence-corrected chi connectivity index (χ1v) is 16.2. The maximum Gasteiger partial charge on any atom is 0.348 e. The van der Waals surface area contributed by atoms with E-state index >= 15 is 0 Å². The van der Waals surface area contributed by atoms with Gasteiger partial charge in [-0.05, 0) is 75.6 Å². The summed E-state index contributed by atoms with van der Waals surface area (Å²) < 4.78 is 10.8. The number of carbonyl (C=O) groups excluding carboxylic acids is 2. The van der Waals surface area contributed by atoms with Crippen LogP contribution in [0.2, 0.25) is 0 Å². The van der Waals surface area contributed by atoms with E-state index in [4.69, 9.17) is 16.0 Å². The highest BCUT2D eigenvalue weighted by atomic mass is 16.5. The van der Waals surface area contributed by atoms with Gasteiger partial charge in [-0.1, -0.05) is 72.3 Å². The van der Waals surface area contributed by atoms with Crippen molar-refractivity contribution in [3.05, 3.63) is 59.4 Å². The van der Waals surface area contributed by atoms with Crippen molar-refractivity contribution in [1.82, 2.24) is 9.80 Å². The van der Waals surface area contributed by atoms with Gasteiger partial charge in [0.05, 0.1) is 19.8 Å². The molecule has 0 radical (unpaired) electrons. The van der Waals surface area contributed by atoms with Crippen LogP contribution >= 0.6 is 0 Å². The molecule has 0 spiro atoms. The minimum atomic E-state index is -0.573. The number of allylic oxidation sites excluding steroid dienone is 4. The highest BCUT2D eigenvalue weighted by Gasteiger charge is 2.15. The molecule has 2 atom stereocenters. The molecule has 240 valence electrons. The Balaban J connectivity index is 4.88. The van der Waals surface area contributed by atoms with E-state index < -0.39 is 11.9 Å². The molecule has 0 aromatic heterocycles. The van der Waals surface area contributed by atoms with Gasteiger partial charge >= 0.3 is 11.9 Å². The van der Waals surface area contributed by atoms with E-state index in [-0.39, 0.29) is 11.3 Å². The Kier molecular flexibility index (Phi) is 24.0. The van der Waals surface area contributed by atoms with Crippen LogP contribution in [0.15, 0.2) is 48.0 Å². The molecule has 43 heavy (non-hydrogen) atoms. The van der Waals surface area contributed by atoms with E-state index in [9.17, 15) is 14.9 Å². The van der Waals surface area contributed by atoms with Crippen molar-refractivity contribution in [2.24, 2.45) is 11.8 Å². The van der Waals surface area contributed by atoms with Crippen LogP contribution in [0.5, 0.6) is 0 Å². The molecule has 0 aliphatic heterocycles. The zero-order valence-corrected chi connectivity index (χ0v) is 27.6. The summed E-state index contributed by atoms with van der Waals surface area (Å²) in [5, 5.41) is 9.43. The van der Waals surface area contributed by atoms with Gasteiger partial charge in [-0.2, -0.15) is 5.26 Å². The van der Waals surface area contributed by atoms with Crippen molar-refractivity contribution >= 4 is 11.9 Å². The van der Waals surface area contributed by atoms with Gasteiger partial charge in [0.15, 0.2) is 0 Å². The highest BCUT2D eigenvalue weighted by Crippen LogP contribution is 2.15. The largest absolute Gasteiger partial charge is 0.470 e. The third-order valence-electron chi connectivity index (χ3n) is 7.47. The molecular weight excluding hydrogens is 540 g/mol. The Morgan fingerprint density at radius 2 is 1.28 bits per heavy atom. The topological polar surface area (TPSA) is 87.2 Å². The van der Waals surface area contributed by atoms with Gasteiger partial charge in [-0.25, -0.2) is 9.64 Å². The van der Waals surface area contributed by atoms with Crippen molar-refractivity contribution in [2.75, 3.05) is 39.4 Å². The summed E-state index contributed by atoms with van der Waals surface area (Å²) in [6.45, 7) is 23.8. The molecule has 0 saturated heterocycles. The van der Waals surface area contributed by atoms with E-state index in [1.54, 1.807) is 12.2 Å². The van der Waals surface area contributed by atoms with Crippen molar-refractivity contribution in [3.63, 3.8) is 0 Å². The lowest BCUT2D eigenvalue weighted by atomic mass is 10.0. The van der Waals surface area contributed by atoms with Gasteiger partial charge in [-0.3, -0.25) is 4.79 Å². The predicted octanol–water partition coefficient (Wildman–Crippen LogP) is 7.82. The molecule has 0 aliphatic rings. The Bertz CT molecular complexity index is 909. The lowest BCUT2D eigenvalue weighted by Crippen LogP contribution is -2.24.